The lowest BCUT2D eigenvalue weighted by molar-refractivity contribution is 0.0995. The third-order valence-electron chi connectivity index (χ3n) is 2.77. The lowest BCUT2D eigenvalue weighted by atomic mass is 10.3. The van der Waals surface area contributed by atoms with E-state index >= 15 is 0 Å². The summed E-state index contributed by atoms with van der Waals surface area (Å²) < 4.78 is 38.5. The maximum absolute atomic E-state index is 12.2. The van der Waals surface area contributed by atoms with Crippen LogP contribution in [0.1, 0.15) is 10.4 Å². The average Bonchev–Trinajstić information content (AvgIpc) is 2.60. The number of anilines is 1. The summed E-state index contributed by atoms with van der Waals surface area (Å²) in [6.45, 7) is 0. The highest BCUT2D eigenvalue weighted by Gasteiger charge is 2.27. The monoisotopic (exact) mass is 383 g/mol. The fraction of sp³-hybridized carbons (Fsp3) is 0.154. The molecule has 0 aromatic carbocycles. The number of nitrogens with two attached hydrogens (primary N) is 1. The number of pyridine rings is 1. The highest BCUT2D eigenvalue weighted by Crippen LogP contribution is 2.19. The van der Waals surface area contributed by atoms with Crippen LogP contribution in [0.4, 0.5) is 10.7 Å². The highest BCUT2D eigenvalue weighted by molar-refractivity contribution is 7.87. The van der Waals surface area contributed by atoms with E-state index in [4.69, 9.17) is 15.2 Å². The predicted octanol–water partition coefficient (Wildman–Crippen LogP) is -0.0749. The molecule has 0 bridgehead atoms. The van der Waals surface area contributed by atoms with Crippen molar-refractivity contribution in [2.24, 2.45) is 5.73 Å². The van der Waals surface area contributed by atoms with E-state index in [1.54, 1.807) is 0 Å². The molecule has 2 aromatic heterocycles. The molecule has 0 unspecified atom stereocenters. The minimum atomic E-state index is -4.73. The van der Waals surface area contributed by atoms with E-state index in [1.807, 2.05) is 5.32 Å². The van der Waals surface area contributed by atoms with Gasteiger partial charge in [0.1, 0.15) is 0 Å². The van der Waals surface area contributed by atoms with Crippen LogP contribution in [0.2, 0.25) is 0 Å². The van der Waals surface area contributed by atoms with E-state index in [0.717, 1.165) is 12.3 Å². The molecule has 12 nitrogen and oxygen atoms in total. The Bertz CT molecular complexity index is 925. The lowest BCUT2D eigenvalue weighted by Crippen LogP contribution is -2.24. The standard InChI is InChI=1S/C13H13N5O7S/c1-23-8-6-9(24-2)17-12(16-8)18-13(20)25-26(21,22)11-7(10(14)19)4-3-5-15-11/h3-6H,1-2H3,(H2,14,19)(H,16,17,18,20). The summed E-state index contributed by atoms with van der Waals surface area (Å²) in [6.07, 6.45) is -0.349. The molecular weight excluding hydrogens is 370 g/mol. The Labute approximate surface area is 147 Å². The largest absolute Gasteiger partial charge is 0.481 e. The van der Waals surface area contributed by atoms with Gasteiger partial charge in [0, 0.05) is 6.20 Å². The zero-order valence-corrected chi connectivity index (χ0v) is 14.3. The molecule has 2 heterocycles. The molecule has 2 amide bonds. The summed E-state index contributed by atoms with van der Waals surface area (Å²) in [6, 6.07) is 3.76. The SMILES string of the molecule is COc1cc(OC)nc(NC(=O)OS(=O)(=O)c2ncccc2C(N)=O)n1. The zero-order valence-electron chi connectivity index (χ0n) is 13.5. The summed E-state index contributed by atoms with van der Waals surface area (Å²) in [4.78, 5) is 34.2. The summed E-state index contributed by atoms with van der Waals surface area (Å²) >= 11 is 0. The maximum Gasteiger partial charge on any atom is 0.430 e. The van der Waals surface area contributed by atoms with E-state index in [1.165, 1.54) is 26.4 Å². The number of hydrogen-bond acceptors (Lipinski definition) is 10. The maximum atomic E-state index is 12.2. The quantitative estimate of drug-likeness (QED) is 0.642. The van der Waals surface area contributed by atoms with E-state index in [0.29, 0.717) is 0 Å². The van der Waals surface area contributed by atoms with Gasteiger partial charge in [-0.2, -0.15) is 18.4 Å². The van der Waals surface area contributed by atoms with Gasteiger partial charge >= 0.3 is 16.2 Å². The van der Waals surface area contributed by atoms with Gasteiger partial charge in [0.2, 0.25) is 22.7 Å². The second-order valence-corrected chi connectivity index (χ2v) is 5.91. The van der Waals surface area contributed by atoms with Gasteiger partial charge in [-0.1, -0.05) is 0 Å². The lowest BCUT2D eigenvalue weighted by Gasteiger charge is -2.09. The Morgan fingerprint density at radius 2 is 1.77 bits per heavy atom. The van der Waals surface area contributed by atoms with Gasteiger partial charge in [0.05, 0.1) is 25.8 Å². The predicted molar refractivity (Wildman–Crippen MR) is 85.2 cm³/mol. The minimum absolute atomic E-state index is 0.0516. The molecule has 13 heteroatoms. The average molecular weight is 383 g/mol. The molecule has 3 N–H and O–H groups in total. The molecule has 2 rings (SSSR count). The smallest absolute Gasteiger partial charge is 0.430 e. The first-order valence-electron chi connectivity index (χ1n) is 6.74. The van der Waals surface area contributed by atoms with Crippen LogP contribution in [0, 0.1) is 0 Å². The van der Waals surface area contributed by atoms with Gasteiger partial charge in [-0.3, -0.25) is 10.1 Å². The molecule has 0 saturated carbocycles. The normalized spacial score (nSPS) is 10.7. The van der Waals surface area contributed by atoms with Crippen molar-refractivity contribution >= 4 is 28.1 Å². The van der Waals surface area contributed by atoms with E-state index in [2.05, 4.69) is 19.1 Å². The van der Waals surface area contributed by atoms with Gasteiger partial charge in [-0.15, -0.1) is 0 Å². The third-order valence-corrected chi connectivity index (χ3v) is 3.94. The molecule has 0 saturated heterocycles. The van der Waals surface area contributed by atoms with Crippen LogP contribution < -0.4 is 20.5 Å². The van der Waals surface area contributed by atoms with Crippen LogP contribution in [0.3, 0.4) is 0 Å². The number of rotatable bonds is 6. The molecule has 0 spiro atoms. The number of nitrogens with one attached hydrogen (secondary N) is 1. The van der Waals surface area contributed by atoms with Crippen molar-refractivity contribution < 1.29 is 31.7 Å². The zero-order chi connectivity index (χ0) is 19.3. The van der Waals surface area contributed by atoms with Crippen LogP contribution in [-0.4, -0.2) is 49.6 Å². The van der Waals surface area contributed by atoms with Crippen LogP contribution in [0.25, 0.3) is 0 Å². The molecule has 0 aliphatic heterocycles. The van der Waals surface area contributed by atoms with Crippen molar-refractivity contribution in [2.75, 3.05) is 19.5 Å². The Kier molecular flexibility index (Phi) is 5.51. The van der Waals surface area contributed by atoms with Gasteiger partial charge in [-0.05, 0) is 12.1 Å². The molecule has 138 valence electrons. The Morgan fingerprint density at radius 1 is 1.15 bits per heavy atom. The van der Waals surface area contributed by atoms with Crippen molar-refractivity contribution in [1.82, 2.24) is 15.0 Å². The Balaban J connectivity index is 2.23. The van der Waals surface area contributed by atoms with Crippen molar-refractivity contribution in [3.63, 3.8) is 0 Å². The van der Waals surface area contributed by atoms with Crippen molar-refractivity contribution in [1.29, 1.82) is 0 Å². The van der Waals surface area contributed by atoms with Crippen molar-refractivity contribution in [2.45, 2.75) is 5.03 Å². The van der Waals surface area contributed by atoms with E-state index in [9.17, 15) is 18.0 Å². The Morgan fingerprint density at radius 3 is 2.31 bits per heavy atom. The van der Waals surface area contributed by atoms with Crippen LogP contribution >= 0.6 is 0 Å². The number of methoxy groups -OCH3 is 2. The second-order valence-electron chi connectivity index (χ2n) is 4.45. The number of nitrogens with zero attached hydrogens (tertiary/aromatic N) is 3. The van der Waals surface area contributed by atoms with Crippen LogP contribution in [0.15, 0.2) is 29.4 Å². The number of aromatic nitrogens is 3. The van der Waals surface area contributed by atoms with E-state index in [-0.39, 0.29) is 17.7 Å². The van der Waals surface area contributed by atoms with Gasteiger partial charge < -0.3 is 19.4 Å². The first-order valence-corrected chi connectivity index (χ1v) is 8.15. The first kappa shape index (κ1) is 18.9. The molecule has 0 radical (unpaired) electrons. The van der Waals surface area contributed by atoms with E-state index < -0.39 is 32.7 Å². The summed E-state index contributed by atoms with van der Waals surface area (Å²) in [5, 5.41) is 1.20. The Hall–Kier alpha value is -3.48. The molecule has 2 aromatic rings. The number of amides is 2. The van der Waals surface area contributed by atoms with Crippen LogP contribution in [0.5, 0.6) is 11.8 Å². The first-order chi connectivity index (χ1) is 12.3. The molecule has 0 aliphatic rings. The molecule has 0 fully saturated rings. The molecular formula is C13H13N5O7S. The van der Waals surface area contributed by atoms with Crippen LogP contribution in [-0.2, 0) is 14.3 Å². The number of hydrogen-bond donors (Lipinski definition) is 2. The van der Waals surface area contributed by atoms with Gasteiger partial charge in [0.25, 0.3) is 5.91 Å². The topological polar surface area (TPSA) is 173 Å². The number of ether oxygens (including phenoxy) is 2. The minimum Gasteiger partial charge on any atom is -0.481 e. The summed E-state index contributed by atoms with van der Waals surface area (Å²) in [5.41, 5.74) is 4.65. The summed E-state index contributed by atoms with van der Waals surface area (Å²) in [5.74, 6) is -1.29. The molecule has 0 aliphatic carbocycles. The number of carbonyl (C=O) groups excluding carboxylic acids is 2. The summed E-state index contributed by atoms with van der Waals surface area (Å²) in [7, 11) is -2.09. The van der Waals surface area contributed by atoms with Gasteiger partial charge in [0.15, 0.2) is 0 Å². The fourth-order valence-corrected chi connectivity index (χ4v) is 2.65. The fourth-order valence-electron chi connectivity index (χ4n) is 1.70. The number of carbonyl (C=O) groups is 2. The number of primary amides is 1. The highest BCUT2D eigenvalue weighted by atomic mass is 32.2. The molecule has 26 heavy (non-hydrogen) atoms. The third kappa shape index (κ3) is 4.32. The van der Waals surface area contributed by atoms with Gasteiger partial charge in [-0.25, -0.2) is 9.78 Å². The molecule has 0 atom stereocenters. The second kappa shape index (κ2) is 7.60. The van der Waals surface area contributed by atoms with Crippen molar-refractivity contribution in [3.8, 4) is 11.8 Å². The van der Waals surface area contributed by atoms with Crippen molar-refractivity contribution in [3.05, 3.63) is 30.0 Å².